The molecule has 1 rings (SSSR count). The summed E-state index contributed by atoms with van der Waals surface area (Å²) in [6, 6.07) is 0.769. The van der Waals surface area contributed by atoms with Gasteiger partial charge >= 0.3 is 0 Å². The predicted molar refractivity (Wildman–Crippen MR) is 65.9 cm³/mol. The molecule has 3 nitrogen and oxygen atoms in total. The number of hydrogen-bond donors (Lipinski definition) is 1. The summed E-state index contributed by atoms with van der Waals surface area (Å²) in [5.74, 6) is 0. The SMILES string of the molecule is C=CCCC(N)C1CN(C)CCCN1C. The van der Waals surface area contributed by atoms with Crippen LogP contribution in [0.2, 0.25) is 0 Å². The Balaban J connectivity index is 2.50. The number of allylic oxidation sites excluding steroid dienone is 1. The second-order valence-corrected chi connectivity index (χ2v) is 4.69. The van der Waals surface area contributed by atoms with Gasteiger partial charge in [-0.05, 0) is 46.4 Å². The summed E-state index contributed by atoms with van der Waals surface area (Å²) in [5.41, 5.74) is 6.24. The number of nitrogens with zero attached hydrogens (tertiary/aromatic N) is 2. The molecule has 0 aromatic rings. The maximum Gasteiger partial charge on any atom is 0.0371 e. The Kier molecular flexibility index (Phi) is 5.29. The van der Waals surface area contributed by atoms with Crippen LogP contribution in [0.25, 0.3) is 0 Å². The molecule has 0 saturated carbocycles. The Bertz CT molecular complexity index is 193. The maximum absolute atomic E-state index is 6.24. The molecule has 0 aromatic carbocycles. The largest absolute Gasteiger partial charge is 0.326 e. The van der Waals surface area contributed by atoms with Crippen LogP contribution in [-0.4, -0.2) is 55.6 Å². The average Bonchev–Trinajstić information content (AvgIpc) is 2.37. The van der Waals surface area contributed by atoms with Gasteiger partial charge in [0.05, 0.1) is 0 Å². The normalized spacial score (nSPS) is 27.3. The minimum atomic E-state index is 0.272. The van der Waals surface area contributed by atoms with Gasteiger partial charge in [0.2, 0.25) is 0 Å². The van der Waals surface area contributed by atoms with E-state index in [4.69, 9.17) is 5.73 Å². The summed E-state index contributed by atoms with van der Waals surface area (Å²) in [4.78, 5) is 4.80. The fourth-order valence-corrected chi connectivity index (χ4v) is 2.27. The summed E-state index contributed by atoms with van der Waals surface area (Å²) in [6.45, 7) is 7.20. The van der Waals surface area contributed by atoms with Crippen molar-refractivity contribution in [1.82, 2.24) is 9.80 Å². The highest BCUT2D eigenvalue weighted by Crippen LogP contribution is 2.12. The summed E-state index contributed by atoms with van der Waals surface area (Å²) in [6.07, 6.45) is 5.28. The highest BCUT2D eigenvalue weighted by Gasteiger charge is 2.25. The molecular formula is C12H25N3. The van der Waals surface area contributed by atoms with Gasteiger partial charge in [-0.3, -0.25) is 0 Å². The Morgan fingerprint density at radius 2 is 2.20 bits per heavy atom. The Hall–Kier alpha value is -0.380. The standard InChI is InChI=1S/C12H25N3/c1-4-5-7-11(13)12-10-14(2)8-6-9-15(12)3/h4,11-12H,1,5-10,13H2,2-3H3. The zero-order valence-corrected chi connectivity index (χ0v) is 10.2. The third kappa shape index (κ3) is 3.93. The summed E-state index contributed by atoms with van der Waals surface area (Å²) in [5, 5.41) is 0. The van der Waals surface area contributed by atoms with Crippen molar-refractivity contribution in [2.24, 2.45) is 5.73 Å². The van der Waals surface area contributed by atoms with Crippen LogP contribution in [0.1, 0.15) is 19.3 Å². The van der Waals surface area contributed by atoms with Crippen molar-refractivity contribution >= 4 is 0 Å². The zero-order chi connectivity index (χ0) is 11.3. The van der Waals surface area contributed by atoms with E-state index in [0.29, 0.717) is 6.04 Å². The first-order chi connectivity index (χ1) is 7.15. The third-order valence-electron chi connectivity index (χ3n) is 3.31. The van der Waals surface area contributed by atoms with Crippen molar-refractivity contribution in [3.05, 3.63) is 12.7 Å². The van der Waals surface area contributed by atoms with Crippen molar-refractivity contribution < 1.29 is 0 Å². The van der Waals surface area contributed by atoms with Gasteiger partial charge in [0.1, 0.15) is 0 Å². The van der Waals surface area contributed by atoms with E-state index in [2.05, 4.69) is 30.5 Å². The van der Waals surface area contributed by atoms with Gasteiger partial charge in [-0.2, -0.15) is 0 Å². The monoisotopic (exact) mass is 211 g/mol. The second-order valence-electron chi connectivity index (χ2n) is 4.69. The zero-order valence-electron chi connectivity index (χ0n) is 10.2. The van der Waals surface area contributed by atoms with E-state index in [1.807, 2.05) is 6.08 Å². The average molecular weight is 211 g/mol. The molecule has 0 bridgehead atoms. The molecule has 0 aromatic heterocycles. The molecule has 15 heavy (non-hydrogen) atoms. The smallest absolute Gasteiger partial charge is 0.0371 e. The van der Waals surface area contributed by atoms with Crippen LogP contribution in [-0.2, 0) is 0 Å². The van der Waals surface area contributed by atoms with Gasteiger partial charge in [-0.1, -0.05) is 6.08 Å². The highest BCUT2D eigenvalue weighted by molar-refractivity contribution is 4.86. The lowest BCUT2D eigenvalue weighted by Gasteiger charge is -2.32. The molecule has 2 N–H and O–H groups in total. The molecule has 1 heterocycles. The highest BCUT2D eigenvalue weighted by atomic mass is 15.2. The van der Waals surface area contributed by atoms with Crippen molar-refractivity contribution in [1.29, 1.82) is 0 Å². The molecule has 2 atom stereocenters. The summed E-state index contributed by atoms with van der Waals surface area (Å²) in [7, 11) is 4.38. The molecule has 0 radical (unpaired) electrons. The molecule has 1 aliphatic heterocycles. The Labute approximate surface area is 93.9 Å². The van der Waals surface area contributed by atoms with Crippen LogP contribution in [0.15, 0.2) is 12.7 Å². The van der Waals surface area contributed by atoms with Crippen molar-refractivity contribution in [2.45, 2.75) is 31.3 Å². The van der Waals surface area contributed by atoms with Crippen molar-refractivity contribution in [3.63, 3.8) is 0 Å². The summed E-state index contributed by atoms with van der Waals surface area (Å²) >= 11 is 0. The molecule has 1 saturated heterocycles. The lowest BCUT2D eigenvalue weighted by molar-refractivity contribution is 0.191. The first-order valence-corrected chi connectivity index (χ1v) is 5.90. The first kappa shape index (κ1) is 12.7. The van der Waals surface area contributed by atoms with Gasteiger partial charge in [0, 0.05) is 18.6 Å². The van der Waals surface area contributed by atoms with E-state index in [1.165, 1.54) is 13.0 Å². The minimum Gasteiger partial charge on any atom is -0.326 e. The van der Waals surface area contributed by atoms with E-state index < -0.39 is 0 Å². The Morgan fingerprint density at radius 1 is 1.47 bits per heavy atom. The predicted octanol–water partition coefficient (Wildman–Crippen LogP) is 0.916. The van der Waals surface area contributed by atoms with Crippen LogP contribution >= 0.6 is 0 Å². The molecule has 1 fully saturated rings. The number of rotatable bonds is 4. The lowest BCUT2D eigenvalue weighted by Crippen LogP contribution is -2.50. The molecule has 88 valence electrons. The molecule has 0 spiro atoms. The van der Waals surface area contributed by atoms with Crippen LogP contribution < -0.4 is 5.73 Å². The molecule has 0 amide bonds. The van der Waals surface area contributed by atoms with E-state index in [0.717, 1.165) is 25.9 Å². The van der Waals surface area contributed by atoms with E-state index in [1.54, 1.807) is 0 Å². The van der Waals surface area contributed by atoms with E-state index in [-0.39, 0.29) is 6.04 Å². The van der Waals surface area contributed by atoms with Crippen molar-refractivity contribution in [3.8, 4) is 0 Å². The van der Waals surface area contributed by atoms with Gasteiger partial charge in [-0.15, -0.1) is 6.58 Å². The fraction of sp³-hybridized carbons (Fsp3) is 0.833. The van der Waals surface area contributed by atoms with Crippen LogP contribution in [0.4, 0.5) is 0 Å². The molecule has 0 aliphatic carbocycles. The maximum atomic E-state index is 6.24. The van der Waals surface area contributed by atoms with Gasteiger partial charge < -0.3 is 15.5 Å². The topological polar surface area (TPSA) is 32.5 Å². The number of nitrogens with two attached hydrogens (primary N) is 1. The van der Waals surface area contributed by atoms with Gasteiger partial charge in [-0.25, -0.2) is 0 Å². The number of likely N-dealkylation sites (N-methyl/N-ethyl adjacent to an activating group) is 2. The quantitative estimate of drug-likeness (QED) is 0.702. The van der Waals surface area contributed by atoms with E-state index in [9.17, 15) is 0 Å². The molecule has 2 unspecified atom stereocenters. The summed E-state index contributed by atoms with van der Waals surface area (Å²) < 4.78 is 0. The van der Waals surface area contributed by atoms with Gasteiger partial charge in [0.15, 0.2) is 0 Å². The van der Waals surface area contributed by atoms with Crippen LogP contribution in [0.3, 0.4) is 0 Å². The van der Waals surface area contributed by atoms with Crippen LogP contribution in [0, 0.1) is 0 Å². The van der Waals surface area contributed by atoms with Gasteiger partial charge in [0.25, 0.3) is 0 Å². The fourth-order valence-electron chi connectivity index (χ4n) is 2.27. The minimum absolute atomic E-state index is 0.272. The van der Waals surface area contributed by atoms with Crippen LogP contribution in [0.5, 0.6) is 0 Å². The third-order valence-corrected chi connectivity index (χ3v) is 3.31. The molecular weight excluding hydrogens is 186 g/mol. The van der Waals surface area contributed by atoms with E-state index >= 15 is 0 Å². The number of hydrogen-bond acceptors (Lipinski definition) is 3. The van der Waals surface area contributed by atoms with Crippen molar-refractivity contribution in [2.75, 3.05) is 33.7 Å². The molecule has 1 aliphatic rings. The first-order valence-electron chi connectivity index (χ1n) is 5.90. The lowest BCUT2D eigenvalue weighted by atomic mass is 10.0. The second kappa shape index (κ2) is 6.26. The Morgan fingerprint density at radius 3 is 2.87 bits per heavy atom. The molecule has 3 heteroatoms.